The molecule has 0 saturated carbocycles. The molecule has 0 radical (unpaired) electrons. The van der Waals surface area contributed by atoms with Gasteiger partial charge in [0.1, 0.15) is 5.82 Å². The number of carbonyl (C=O) groups is 1. The first-order chi connectivity index (χ1) is 11.0. The van der Waals surface area contributed by atoms with Crippen LogP contribution in [-0.2, 0) is 22.5 Å². The highest BCUT2D eigenvalue weighted by Gasteiger charge is 2.24. The summed E-state index contributed by atoms with van der Waals surface area (Å²) in [6.45, 7) is 9.68. The first-order valence-corrected chi connectivity index (χ1v) is 8.79. The van der Waals surface area contributed by atoms with Crippen LogP contribution in [0, 0.1) is 18.8 Å². The van der Waals surface area contributed by atoms with Crippen molar-refractivity contribution in [3.05, 3.63) is 17.7 Å². The summed E-state index contributed by atoms with van der Waals surface area (Å²) in [5.41, 5.74) is 1.20. The van der Waals surface area contributed by atoms with Crippen LogP contribution in [0.2, 0.25) is 0 Å². The van der Waals surface area contributed by atoms with Crippen molar-refractivity contribution in [3.8, 4) is 0 Å². The predicted octanol–water partition coefficient (Wildman–Crippen LogP) is 2.67. The molecule has 0 unspecified atom stereocenters. The van der Waals surface area contributed by atoms with E-state index >= 15 is 0 Å². The Hall–Kier alpha value is -1.36. The van der Waals surface area contributed by atoms with Crippen molar-refractivity contribution in [2.45, 2.75) is 53.0 Å². The van der Waals surface area contributed by atoms with E-state index in [4.69, 9.17) is 4.74 Å². The molecule has 23 heavy (non-hydrogen) atoms. The second-order valence-electron chi connectivity index (χ2n) is 7.09. The van der Waals surface area contributed by atoms with Crippen LogP contribution in [-0.4, -0.2) is 47.2 Å². The molecule has 2 heterocycles. The van der Waals surface area contributed by atoms with Gasteiger partial charge in [-0.1, -0.05) is 13.8 Å². The molecule has 0 atom stereocenters. The monoisotopic (exact) mass is 321 g/mol. The Bertz CT molecular complexity index is 502. The number of carbonyl (C=O) groups excluding carboxylic acids is 1. The molecule has 1 saturated heterocycles. The highest BCUT2D eigenvalue weighted by Crippen LogP contribution is 2.22. The number of rotatable bonds is 7. The lowest BCUT2D eigenvalue weighted by Crippen LogP contribution is -2.39. The summed E-state index contributed by atoms with van der Waals surface area (Å²) in [4.78, 5) is 18.8. The lowest BCUT2D eigenvalue weighted by molar-refractivity contribution is -0.133. The van der Waals surface area contributed by atoms with Crippen molar-refractivity contribution in [2.24, 2.45) is 11.8 Å². The Kier molecular flexibility index (Phi) is 6.63. The number of nitrogens with zero attached hydrogens (tertiary/aromatic N) is 3. The van der Waals surface area contributed by atoms with E-state index in [1.807, 2.05) is 11.1 Å². The standard InChI is InChI=1S/C18H31N3O2/c1-14(2)11-18(22)20-7-5-16(6-8-20)12-17-19-13-15(3)21(17)9-10-23-4/h13-14,16H,5-12H2,1-4H3. The summed E-state index contributed by atoms with van der Waals surface area (Å²) in [6.07, 6.45) is 5.79. The Morgan fingerprint density at radius 1 is 1.39 bits per heavy atom. The van der Waals surface area contributed by atoms with Crippen LogP contribution in [0.3, 0.4) is 0 Å². The van der Waals surface area contributed by atoms with Crippen LogP contribution >= 0.6 is 0 Å². The lowest BCUT2D eigenvalue weighted by Gasteiger charge is -2.32. The van der Waals surface area contributed by atoms with Crippen LogP contribution in [0.25, 0.3) is 0 Å². The van der Waals surface area contributed by atoms with Crippen LogP contribution in [0.5, 0.6) is 0 Å². The molecule has 1 aliphatic rings. The fraction of sp³-hybridized carbons (Fsp3) is 0.778. The molecule has 1 amide bonds. The lowest BCUT2D eigenvalue weighted by atomic mass is 9.92. The summed E-state index contributed by atoms with van der Waals surface area (Å²) < 4.78 is 7.46. The number of aryl methyl sites for hydroxylation is 1. The van der Waals surface area contributed by atoms with Gasteiger partial charge in [-0.25, -0.2) is 4.98 Å². The van der Waals surface area contributed by atoms with E-state index in [1.54, 1.807) is 7.11 Å². The topological polar surface area (TPSA) is 47.4 Å². The van der Waals surface area contributed by atoms with Crippen molar-refractivity contribution >= 4 is 5.91 Å². The molecule has 130 valence electrons. The molecule has 0 aromatic carbocycles. The van der Waals surface area contributed by atoms with Crippen molar-refractivity contribution in [1.29, 1.82) is 0 Å². The van der Waals surface area contributed by atoms with Crippen LogP contribution in [0.4, 0.5) is 0 Å². The number of aromatic nitrogens is 2. The van der Waals surface area contributed by atoms with Gasteiger partial charge >= 0.3 is 0 Å². The molecular formula is C18H31N3O2. The van der Waals surface area contributed by atoms with Gasteiger partial charge in [0.2, 0.25) is 5.91 Å². The summed E-state index contributed by atoms with van der Waals surface area (Å²) in [5.74, 6) is 2.54. The quantitative estimate of drug-likeness (QED) is 0.776. The van der Waals surface area contributed by atoms with Gasteiger partial charge in [0, 0.05) is 51.5 Å². The second-order valence-corrected chi connectivity index (χ2v) is 7.09. The first-order valence-electron chi connectivity index (χ1n) is 8.79. The summed E-state index contributed by atoms with van der Waals surface area (Å²) in [5, 5.41) is 0. The maximum Gasteiger partial charge on any atom is 0.222 e. The minimum Gasteiger partial charge on any atom is -0.383 e. The Labute approximate surface area is 140 Å². The fourth-order valence-electron chi connectivity index (χ4n) is 3.28. The normalized spacial score (nSPS) is 16.3. The average Bonchev–Trinajstić information content (AvgIpc) is 2.85. The van der Waals surface area contributed by atoms with Gasteiger partial charge in [0.05, 0.1) is 6.61 Å². The summed E-state index contributed by atoms with van der Waals surface area (Å²) in [6, 6.07) is 0. The largest absolute Gasteiger partial charge is 0.383 e. The van der Waals surface area contributed by atoms with Gasteiger partial charge in [-0.15, -0.1) is 0 Å². The highest BCUT2D eigenvalue weighted by atomic mass is 16.5. The van der Waals surface area contributed by atoms with Gasteiger partial charge in [-0.05, 0) is 31.6 Å². The maximum absolute atomic E-state index is 12.1. The zero-order chi connectivity index (χ0) is 16.8. The third kappa shape index (κ3) is 5.06. The number of piperidine rings is 1. The number of hydrogen-bond donors (Lipinski definition) is 0. The highest BCUT2D eigenvalue weighted by molar-refractivity contribution is 5.76. The molecule has 0 N–H and O–H groups in total. The second kappa shape index (κ2) is 8.48. The third-order valence-electron chi connectivity index (χ3n) is 4.68. The summed E-state index contributed by atoms with van der Waals surface area (Å²) in [7, 11) is 1.73. The average molecular weight is 321 g/mol. The SMILES string of the molecule is COCCn1c(C)cnc1CC1CCN(C(=O)CC(C)C)CC1. The first kappa shape index (κ1) is 18.0. The Morgan fingerprint density at radius 3 is 2.70 bits per heavy atom. The van der Waals surface area contributed by atoms with Crippen LogP contribution in [0.15, 0.2) is 6.20 Å². The number of ether oxygens (including phenoxy) is 1. The molecule has 1 aromatic heterocycles. The minimum absolute atomic E-state index is 0.316. The van der Waals surface area contributed by atoms with E-state index in [-0.39, 0.29) is 0 Å². The van der Waals surface area contributed by atoms with E-state index in [0.29, 0.717) is 30.8 Å². The third-order valence-corrected chi connectivity index (χ3v) is 4.68. The molecule has 1 aromatic rings. The zero-order valence-electron chi connectivity index (χ0n) is 15.0. The van der Waals surface area contributed by atoms with Gasteiger partial charge in [-0.2, -0.15) is 0 Å². The number of likely N-dealkylation sites (tertiary alicyclic amines) is 1. The Balaban J connectivity index is 1.86. The van der Waals surface area contributed by atoms with E-state index in [2.05, 4.69) is 30.3 Å². The molecule has 1 aliphatic heterocycles. The molecule has 5 nitrogen and oxygen atoms in total. The molecule has 0 spiro atoms. The van der Waals surface area contributed by atoms with Crippen LogP contribution < -0.4 is 0 Å². The molecule has 0 aliphatic carbocycles. The number of methoxy groups -OCH3 is 1. The van der Waals surface area contributed by atoms with E-state index in [0.717, 1.165) is 44.7 Å². The molecule has 0 bridgehead atoms. The van der Waals surface area contributed by atoms with Crippen molar-refractivity contribution in [3.63, 3.8) is 0 Å². The van der Waals surface area contributed by atoms with E-state index in [9.17, 15) is 4.79 Å². The molecular weight excluding hydrogens is 290 g/mol. The van der Waals surface area contributed by atoms with Gasteiger partial charge < -0.3 is 14.2 Å². The number of imidazole rings is 1. The zero-order valence-corrected chi connectivity index (χ0v) is 15.0. The predicted molar refractivity (Wildman–Crippen MR) is 91.3 cm³/mol. The van der Waals surface area contributed by atoms with Gasteiger partial charge in [-0.3, -0.25) is 4.79 Å². The number of amides is 1. The Morgan fingerprint density at radius 2 is 2.09 bits per heavy atom. The summed E-state index contributed by atoms with van der Waals surface area (Å²) >= 11 is 0. The molecule has 5 heteroatoms. The van der Waals surface area contributed by atoms with E-state index < -0.39 is 0 Å². The van der Waals surface area contributed by atoms with Crippen molar-refractivity contribution < 1.29 is 9.53 Å². The fourth-order valence-corrected chi connectivity index (χ4v) is 3.28. The van der Waals surface area contributed by atoms with Gasteiger partial charge in [0.25, 0.3) is 0 Å². The minimum atomic E-state index is 0.316. The maximum atomic E-state index is 12.1. The number of hydrogen-bond acceptors (Lipinski definition) is 3. The van der Waals surface area contributed by atoms with Crippen LogP contribution in [0.1, 0.15) is 44.6 Å². The van der Waals surface area contributed by atoms with Crippen molar-refractivity contribution in [2.75, 3.05) is 26.8 Å². The van der Waals surface area contributed by atoms with Crippen molar-refractivity contribution in [1.82, 2.24) is 14.5 Å². The van der Waals surface area contributed by atoms with Gasteiger partial charge in [0.15, 0.2) is 0 Å². The molecule has 2 rings (SSSR count). The smallest absolute Gasteiger partial charge is 0.222 e. The molecule has 1 fully saturated rings. The van der Waals surface area contributed by atoms with E-state index in [1.165, 1.54) is 5.69 Å².